The number of benzene rings is 2. The Kier molecular flexibility index (Phi) is 5.54. The minimum Gasteiger partial charge on any atom is -0.355 e. The van der Waals surface area contributed by atoms with Crippen molar-refractivity contribution in [3.8, 4) is 0 Å². The Morgan fingerprint density at radius 2 is 1.76 bits per heavy atom. The van der Waals surface area contributed by atoms with Gasteiger partial charge in [-0.15, -0.1) is 0 Å². The fourth-order valence-electron chi connectivity index (χ4n) is 3.09. The molecule has 0 aliphatic carbocycles. The van der Waals surface area contributed by atoms with Crippen LogP contribution >= 0.6 is 0 Å². The monoisotopic (exact) mass is 419 g/mol. The lowest BCUT2D eigenvalue weighted by Gasteiger charge is -2.14. The van der Waals surface area contributed by atoms with Crippen LogP contribution in [0.4, 0.5) is 14.5 Å². The number of rotatable bonds is 6. The van der Waals surface area contributed by atoms with E-state index in [1.165, 1.54) is 6.07 Å². The summed E-state index contributed by atoms with van der Waals surface area (Å²) in [6, 6.07) is 12.8. The first-order valence-electron chi connectivity index (χ1n) is 8.66. The fourth-order valence-corrected chi connectivity index (χ4v) is 3.55. The number of H-pyrrole nitrogens is 1. The van der Waals surface area contributed by atoms with E-state index in [1.54, 1.807) is 55.0 Å². The van der Waals surface area contributed by atoms with E-state index < -0.39 is 33.4 Å². The Hall–Kier alpha value is -3.04. The predicted octanol–water partition coefficient (Wildman–Crippen LogP) is 3.60. The van der Waals surface area contributed by atoms with E-state index in [-0.39, 0.29) is 11.3 Å². The Labute approximate surface area is 166 Å². The SMILES string of the molecule is Cc1cc(C(C)c2ccc(NS(N)(=O)=O)c(F)c2F)[nH]c1C(=O)c1ccccc1. The number of nitrogens with two attached hydrogens (primary N) is 1. The second kappa shape index (κ2) is 7.76. The van der Waals surface area contributed by atoms with Gasteiger partial charge in [0.1, 0.15) is 0 Å². The maximum atomic E-state index is 14.6. The molecule has 1 atom stereocenters. The maximum Gasteiger partial charge on any atom is 0.296 e. The van der Waals surface area contributed by atoms with E-state index >= 15 is 0 Å². The zero-order valence-corrected chi connectivity index (χ0v) is 16.5. The first kappa shape index (κ1) is 20.7. The van der Waals surface area contributed by atoms with Crippen molar-refractivity contribution in [3.05, 3.63) is 88.2 Å². The molecule has 0 aliphatic heterocycles. The van der Waals surface area contributed by atoms with Crippen molar-refractivity contribution in [2.45, 2.75) is 19.8 Å². The number of nitrogens with one attached hydrogen (secondary N) is 2. The molecule has 3 aromatic rings. The molecule has 0 amide bonds. The summed E-state index contributed by atoms with van der Waals surface area (Å²) in [6.45, 7) is 3.39. The van der Waals surface area contributed by atoms with E-state index in [9.17, 15) is 22.0 Å². The van der Waals surface area contributed by atoms with Crippen LogP contribution in [-0.2, 0) is 10.2 Å². The molecule has 0 fully saturated rings. The molecule has 0 aliphatic rings. The van der Waals surface area contributed by atoms with Crippen molar-refractivity contribution < 1.29 is 22.0 Å². The van der Waals surface area contributed by atoms with Crippen molar-refractivity contribution in [3.63, 3.8) is 0 Å². The van der Waals surface area contributed by atoms with Gasteiger partial charge in [0.15, 0.2) is 11.6 Å². The molecular weight excluding hydrogens is 400 g/mol. The molecule has 1 unspecified atom stereocenters. The quantitative estimate of drug-likeness (QED) is 0.532. The number of aryl methyl sites for hydroxylation is 1. The second-order valence-corrected chi connectivity index (χ2v) is 7.97. The van der Waals surface area contributed by atoms with Gasteiger partial charge in [-0.3, -0.25) is 9.52 Å². The number of aromatic amines is 1. The minimum atomic E-state index is -4.24. The number of anilines is 1. The minimum absolute atomic E-state index is 0.00225. The van der Waals surface area contributed by atoms with E-state index in [0.29, 0.717) is 22.5 Å². The van der Waals surface area contributed by atoms with Gasteiger partial charge in [0.25, 0.3) is 10.2 Å². The summed E-state index contributed by atoms with van der Waals surface area (Å²) in [4.78, 5) is 15.7. The molecule has 0 saturated carbocycles. The molecule has 2 aromatic carbocycles. The summed E-state index contributed by atoms with van der Waals surface area (Å²) in [5.41, 5.74) is 1.49. The first-order chi connectivity index (χ1) is 13.6. The lowest BCUT2D eigenvalue weighted by molar-refractivity contribution is 0.103. The molecule has 29 heavy (non-hydrogen) atoms. The molecule has 3 rings (SSSR count). The van der Waals surface area contributed by atoms with Gasteiger partial charge >= 0.3 is 0 Å². The summed E-state index contributed by atoms with van der Waals surface area (Å²) in [6.07, 6.45) is 0. The predicted molar refractivity (Wildman–Crippen MR) is 106 cm³/mol. The van der Waals surface area contributed by atoms with Crippen LogP contribution in [0.1, 0.15) is 45.7 Å². The molecule has 0 radical (unpaired) electrons. The van der Waals surface area contributed by atoms with Crippen molar-refractivity contribution in [2.24, 2.45) is 5.14 Å². The van der Waals surface area contributed by atoms with Gasteiger partial charge in [-0.05, 0) is 30.2 Å². The number of aromatic nitrogens is 1. The van der Waals surface area contributed by atoms with Gasteiger partial charge < -0.3 is 4.98 Å². The number of hydrogen-bond donors (Lipinski definition) is 3. The van der Waals surface area contributed by atoms with Crippen molar-refractivity contribution >= 4 is 21.7 Å². The Morgan fingerprint density at radius 3 is 2.38 bits per heavy atom. The molecule has 0 spiro atoms. The topological polar surface area (TPSA) is 105 Å². The first-order valence-corrected chi connectivity index (χ1v) is 10.2. The Bertz CT molecular complexity index is 1180. The van der Waals surface area contributed by atoms with Crippen LogP contribution in [0.25, 0.3) is 0 Å². The van der Waals surface area contributed by atoms with Crippen molar-refractivity contribution in [1.82, 2.24) is 4.98 Å². The van der Waals surface area contributed by atoms with Gasteiger partial charge in [-0.2, -0.15) is 8.42 Å². The van der Waals surface area contributed by atoms with Crippen molar-refractivity contribution in [1.29, 1.82) is 0 Å². The summed E-state index contributed by atoms with van der Waals surface area (Å²) in [5, 5.41) is 4.81. The summed E-state index contributed by atoms with van der Waals surface area (Å²) >= 11 is 0. The van der Waals surface area contributed by atoms with E-state index in [2.05, 4.69) is 4.98 Å². The summed E-state index contributed by atoms with van der Waals surface area (Å²) < 4.78 is 52.7. The molecule has 0 saturated heterocycles. The van der Waals surface area contributed by atoms with Crippen LogP contribution in [-0.4, -0.2) is 19.2 Å². The molecule has 152 valence electrons. The molecule has 1 aromatic heterocycles. The van der Waals surface area contributed by atoms with Gasteiger partial charge in [-0.1, -0.05) is 43.3 Å². The average molecular weight is 419 g/mol. The number of ketones is 1. The third-order valence-electron chi connectivity index (χ3n) is 4.60. The fraction of sp³-hybridized carbons (Fsp3) is 0.150. The molecule has 4 N–H and O–H groups in total. The molecule has 6 nitrogen and oxygen atoms in total. The van der Waals surface area contributed by atoms with Crippen LogP contribution in [0.15, 0.2) is 48.5 Å². The number of halogens is 2. The Morgan fingerprint density at radius 1 is 1.10 bits per heavy atom. The van der Waals surface area contributed by atoms with Gasteiger partial charge in [-0.25, -0.2) is 13.9 Å². The van der Waals surface area contributed by atoms with Gasteiger partial charge in [0, 0.05) is 17.2 Å². The number of carbonyl (C=O) groups is 1. The lowest BCUT2D eigenvalue weighted by Crippen LogP contribution is -2.22. The zero-order chi connectivity index (χ0) is 21.3. The van der Waals surface area contributed by atoms with Gasteiger partial charge in [0.05, 0.1) is 11.4 Å². The second-order valence-electron chi connectivity index (χ2n) is 6.68. The lowest BCUT2D eigenvalue weighted by atomic mass is 9.96. The van der Waals surface area contributed by atoms with Crippen LogP contribution in [0.3, 0.4) is 0 Å². The third-order valence-corrected chi connectivity index (χ3v) is 5.10. The highest BCUT2D eigenvalue weighted by molar-refractivity contribution is 7.90. The highest BCUT2D eigenvalue weighted by atomic mass is 32.2. The summed E-state index contributed by atoms with van der Waals surface area (Å²) in [7, 11) is -4.24. The highest BCUT2D eigenvalue weighted by Gasteiger charge is 2.23. The normalized spacial score (nSPS) is 12.6. The largest absolute Gasteiger partial charge is 0.355 e. The molecule has 1 heterocycles. The number of hydrogen-bond acceptors (Lipinski definition) is 3. The van der Waals surface area contributed by atoms with Crippen LogP contribution in [0.5, 0.6) is 0 Å². The maximum absolute atomic E-state index is 14.6. The van der Waals surface area contributed by atoms with E-state index in [4.69, 9.17) is 5.14 Å². The molecule has 9 heteroatoms. The number of carbonyl (C=O) groups excluding carboxylic acids is 1. The average Bonchev–Trinajstić information content (AvgIpc) is 3.06. The van der Waals surface area contributed by atoms with Gasteiger partial charge in [0.2, 0.25) is 5.78 Å². The molecule has 0 bridgehead atoms. The standard InChI is InChI=1S/C20H19F2N3O3S/c1-11-10-16(24-19(11)20(26)13-6-4-3-5-7-13)12(2)14-8-9-15(18(22)17(14)21)25-29(23,27)28/h3-10,12,24-25H,1-2H3,(H2,23,27,28). The van der Waals surface area contributed by atoms with E-state index in [0.717, 1.165) is 6.07 Å². The van der Waals surface area contributed by atoms with Crippen LogP contribution in [0.2, 0.25) is 0 Å². The van der Waals surface area contributed by atoms with E-state index in [1.807, 2.05) is 0 Å². The molecular formula is C20H19F2N3O3S. The highest BCUT2D eigenvalue weighted by Crippen LogP contribution is 2.31. The van der Waals surface area contributed by atoms with Crippen molar-refractivity contribution in [2.75, 3.05) is 4.72 Å². The van der Waals surface area contributed by atoms with Crippen LogP contribution < -0.4 is 9.86 Å². The Balaban J connectivity index is 1.95. The third kappa shape index (κ3) is 4.36. The summed E-state index contributed by atoms with van der Waals surface area (Å²) in [5.74, 6) is -3.38. The smallest absolute Gasteiger partial charge is 0.296 e. The zero-order valence-electron chi connectivity index (χ0n) is 15.7. The van der Waals surface area contributed by atoms with Crippen LogP contribution in [0, 0.1) is 18.6 Å².